The van der Waals surface area contributed by atoms with Gasteiger partial charge in [-0.25, -0.2) is 0 Å². The van der Waals surface area contributed by atoms with Crippen LogP contribution in [0.1, 0.15) is 12.5 Å². The largest absolute Gasteiger partial charge is 0.349 e. The van der Waals surface area contributed by atoms with Gasteiger partial charge in [-0.2, -0.15) is 5.10 Å². The Labute approximate surface area is 147 Å². The van der Waals surface area contributed by atoms with Crippen LogP contribution in [0.2, 0.25) is 0 Å². The first-order valence-electron chi connectivity index (χ1n) is 8.12. The van der Waals surface area contributed by atoms with Gasteiger partial charge in [0.05, 0.1) is 6.42 Å². The minimum atomic E-state index is 0.192. The number of carbonyl (C=O) groups is 1. The van der Waals surface area contributed by atoms with Crippen LogP contribution in [0.25, 0.3) is 0 Å². The summed E-state index contributed by atoms with van der Waals surface area (Å²) in [6.45, 7) is 4.36. The molecule has 1 atom stereocenters. The zero-order valence-corrected chi connectivity index (χ0v) is 14.9. The molecule has 1 aromatic heterocycles. The third-order valence-corrected chi connectivity index (χ3v) is 5.09. The average molecular weight is 342 g/mol. The first-order chi connectivity index (χ1) is 11.7. The number of carbonyl (C=O) groups excluding carboxylic acids is 1. The summed E-state index contributed by atoms with van der Waals surface area (Å²) in [5.74, 6) is 1.07. The highest BCUT2D eigenvalue weighted by molar-refractivity contribution is 7.98. The predicted molar refractivity (Wildman–Crippen MR) is 97.3 cm³/mol. The van der Waals surface area contributed by atoms with Gasteiger partial charge in [0.2, 0.25) is 5.91 Å². The van der Waals surface area contributed by atoms with E-state index >= 15 is 0 Å². The van der Waals surface area contributed by atoms with E-state index in [-0.39, 0.29) is 11.9 Å². The Morgan fingerprint density at radius 3 is 2.67 bits per heavy atom. The molecule has 0 N–H and O–H groups in total. The summed E-state index contributed by atoms with van der Waals surface area (Å²) < 4.78 is 0. The Balaban J connectivity index is 1.59. The van der Waals surface area contributed by atoms with Gasteiger partial charge in [-0.3, -0.25) is 4.79 Å². The minimum absolute atomic E-state index is 0.192. The summed E-state index contributed by atoms with van der Waals surface area (Å²) in [5, 5.41) is 8.12. The molecule has 1 unspecified atom stereocenters. The highest BCUT2D eigenvalue weighted by Crippen LogP contribution is 2.19. The van der Waals surface area contributed by atoms with Crippen LogP contribution < -0.4 is 4.90 Å². The minimum Gasteiger partial charge on any atom is -0.349 e. The molecule has 24 heavy (non-hydrogen) atoms. The molecule has 1 aliphatic heterocycles. The molecule has 3 rings (SSSR count). The number of anilines is 1. The summed E-state index contributed by atoms with van der Waals surface area (Å²) in [6.07, 6.45) is 4.20. The Bertz CT molecular complexity index is 677. The van der Waals surface area contributed by atoms with Crippen LogP contribution in [-0.2, 0) is 11.2 Å². The number of thioether (sulfide) groups is 1. The molecule has 1 aliphatic rings. The molecule has 0 saturated carbocycles. The van der Waals surface area contributed by atoms with Gasteiger partial charge in [0, 0.05) is 36.8 Å². The van der Waals surface area contributed by atoms with E-state index in [0.717, 1.165) is 31.0 Å². The van der Waals surface area contributed by atoms with E-state index in [9.17, 15) is 4.79 Å². The fraction of sp³-hybridized carbons (Fsp3) is 0.389. The van der Waals surface area contributed by atoms with Crippen molar-refractivity contribution < 1.29 is 4.79 Å². The summed E-state index contributed by atoms with van der Waals surface area (Å²) in [6, 6.07) is 12.3. The van der Waals surface area contributed by atoms with Crippen LogP contribution in [0.15, 0.2) is 47.5 Å². The lowest BCUT2D eigenvalue weighted by Crippen LogP contribution is -2.54. The zero-order chi connectivity index (χ0) is 16.9. The fourth-order valence-electron chi connectivity index (χ4n) is 3.00. The molecule has 2 heterocycles. The van der Waals surface area contributed by atoms with Gasteiger partial charge in [-0.05, 0) is 43.0 Å². The van der Waals surface area contributed by atoms with Crippen LogP contribution in [0.5, 0.6) is 0 Å². The number of aromatic nitrogens is 2. The van der Waals surface area contributed by atoms with Crippen molar-refractivity contribution in [2.75, 3.05) is 30.8 Å². The van der Waals surface area contributed by atoms with Gasteiger partial charge in [-0.15, -0.1) is 16.9 Å². The summed E-state index contributed by atoms with van der Waals surface area (Å²) in [4.78, 5) is 18.0. The molecule has 126 valence electrons. The summed E-state index contributed by atoms with van der Waals surface area (Å²) in [7, 11) is 0. The number of nitrogens with zero attached hydrogens (tertiary/aromatic N) is 4. The zero-order valence-electron chi connectivity index (χ0n) is 14.1. The number of benzene rings is 1. The van der Waals surface area contributed by atoms with Crippen LogP contribution >= 0.6 is 11.8 Å². The molecule has 2 aromatic rings. The Morgan fingerprint density at radius 1 is 1.25 bits per heavy atom. The quantitative estimate of drug-likeness (QED) is 0.799. The molecule has 1 aromatic carbocycles. The molecule has 1 fully saturated rings. The number of hydrogen-bond donors (Lipinski definition) is 0. The second-order valence-electron chi connectivity index (χ2n) is 5.99. The number of rotatable bonds is 4. The van der Waals surface area contributed by atoms with Gasteiger partial charge in [0.1, 0.15) is 0 Å². The molecule has 6 heteroatoms. The van der Waals surface area contributed by atoms with Crippen molar-refractivity contribution in [3.63, 3.8) is 0 Å². The first-order valence-corrected chi connectivity index (χ1v) is 9.35. The van der Waals surface area contributed by atoms with E-state index in [1.807, 2.05) is 29.2 Å². The lowest BCUT2D eigenvalue weighted by Gasteiger charge is -2.40. The summed E-state index contributed by atoms with van der Waals surface area (Å²) in [5.41, 5.74) is 1.07. The maximum Gasteiger partial charge on any atom is 0.227 e. The van der Waals surface area contributed by atoms with Gasteiger partial charge in [0.15, 0.2) is 5.82 Å². The number of amides is 1. The molecule has 5 nitrogen and oxygen atoms in total. The number of hydrogen-bond acceptors (Lipinski definition) is 5. The number of piperazine rings is 1. The average Bonchev–Trinajstić information content (AvgIpc) is 2.63. The smallest absolute Gasteiger partial charge is 0.227 e. The lowest BCUT2D eigenvalue weighted by molar-refractivity contribution is -0.131. The second-order valence-corrected chi connectivity index (χ2v) is 6.87. The van der Waals surface area contributed by atoms with Gasteiger partial charge < -0.3 is 9.80 Å². The van der Waals surface area contributed by atoms with E-state index in [1.54, 1.807) is 18.0 Å². The molecule has 0 aliphatic carbocycles. The SMILES string of the molecule is CSc1ccc(CC(=O)N2CCN(c3cccnn3)C(C)C2)cc1. The summed E-state index contributed by atoms with van der Waals surface area (Å²) >= 11 is 1.71. The van der Waals surface area contributed by atoms with Crippen molar-refractivity contribution in [1.82, 2.24) is 15.1 Å². The van der Waals surface area contributed by atoms with Crippen molar-refractivity contribution in [2.45, 2.75) is 24.3 Å². The van der Waals surface area contributed by atoms with E-state index in [1.165, 1.54) is 4.90 Å². The monoisotopic (exact) mass is 342 g/mol. The normalized spacial score (nSPS) is 17.8. The maximum absolute atomic E-state index is 12.6. The molecular weight excluding hydrogens is 320 g/mol. The Kier molecular flexibility index (Phi) is 5.35. The van der Waals surface area contributed by atoms with Crippen molar-refractivity contribution in [3.05, 3.63) is 48.2 Å². The van der Waals surface area contributed by atoms with Gasteiger partial charge in [-0.1, -0.05) is 12.1 Å². The predicted octanol–water partition coefficient (Wildman–Crippen LogP) is 2.48. The molecule has 1 amide bonds. The first kappa shape index (κ1) is 16.8. The Morgan fingerprint density at radius 2 is 2.04 bits per heavy atom. The van der Waals surface area contributed by atoms with Crippen LogP contribution in [-0.4, -0.2) is 52.9 Å². The second kappa shape index (κ2) is 7.66. The van der Waals surface area contributed by atoms with Gasteiger partial charge >= 0.3 is 0 Å². The standard InChI is InChI=1S/C18H22N4OS/c1-14-13-21(10-11-22(14)17-4-3-9-19-20-17)18(23)12-15-5-7-16(24-2)8-6-15/h3-9,14H,10-13H2,1-2H3. The highest BCUT2D eigenvalue weighted by atomic mass is 32.2. The van der Waals surface area contributed by atoms with E-state index in [4.69, 9.17) is 0 Å². The molecule has 0 radical (unpaired) electrons. The van der Waals surface area contributed by atoms with E-state index in [2.05, 4.69) is 40.4 Å². The van der Waals surface area contributed by atoms with E-state index < -0.39 is 0 Å². The molecule has 0 spiro atoms. The van der Waals surface area contributed by atoms with Crippen molar-refractivity contribution in [1.29, 1.82) is 0 Å². The van der Waals surface area contributed by atoms with Crippen LogP contribution in [0, 0.1) is 0 Å². The molecule has 1 saturated heterocycles. The molecular formula is C18H22N4OS. The fourth-order valence-corrected chi connectivity index (χ4v) is 3.41. The maximum atomic E-state index is 12.6. The lowest BCUT2D eigenvalue weighted by atomic mass is 10.1. The van der Waals surface area contributed by atoms with Crippen LogP contribution in [0.3, 0.4) is 0 Å². The van der Waals surface area contributed by atoms with Crippen molar-refractivity contribution >= 4 is 23.5 Å². The van der Waals surface area contributed by atoms with Gasteiger partial charge in [0.25, 0.3) is 0 Å². The third kappa shape index (κ3) is 3.87. The topological polar surface area (TPSA) is 49.3 Å². The van der Waals surface area contributed by atoms with E-state index in [0.29, 0.717) is 6.42 Å². The Hall–Kier alpha value is -2.08. The van der Waals surface area contributed by atoms with Crippen molar-refractivity contribution in [3.8, 4) is 0 Å². The highest BCUT2D eigenvalue weighted by Gasteiger charge is 2.27. The third-order valence-electron chi connectivity index (χ3n) is 4.35. The van der Waals surface area contributed by atoms with Crippen LogP contribution in [0.4, 0.5) is 5.82 Å². The molecule has 0 bridgehead atoms. The van der Waals surface area contributed by atoms with Crippen molar-refractivity contribution in [2.24, 2.45) is 0 Å².